The van der Waals surface area contributed by atoms with E-state index in [0.29, 0.717) is 27.8 Å². The van der Waals surface area contributed by atoms with Crippen molar-refractivity contribution in [2.45, 2.75) is 13.8 Å². The van der Waals surface area contributed by atoms with Gasteiger partial charge in [0, 0.05) is 16.5 Å². The molecule has 2 N–H and O–H groups in total. The quantitative estimate of drug-likeness (QED) is 0.285. The zero-order valence-corrected chi connectivity index (χ0v) is 19.3. The molecule has 1 amide bonds. The van der Waals surface area contributed by atoms with Crippen molar-refractivity contribution < 1.29 is 13.6 Å². The van der Waals surface area contributed by atoms with Crippen LogP contribution in [0.1, 0.15) is 21.7 Å². The Balaban J connectivity index is 1.36. The lowest BCUT2D eigenvalue weighted by atomic mass is 10.1. The molecule has 0 atom stereocenters. The number of amides is 1. The molecule has 0 aliphatic carbocycles. The minimum absolute atomic E-state index is 0.0899. The monoisotopic (exact) mass is 475 g/mol. The molecule has 0 saturated carbocycles. The van der Waals surface area contributed by atoms with Crippen molar-refractivity contribution in [3.8, 4) is 11.5 Å². The zero-order valence-electron chi connectivity index (χ0n) is 17.7. The van der Waals surface area contributed by atoms with Gasteiger partial charge in [0.2, 0.25) is 5.89 Å². The van der Waals surface area contributed by atoms with E-state index < -0.39 is 5.91 Å². The van der Waals surface area contributed by atoms with Gasteiger partial charge in [0.1, 0.15) is 11.1 Å². The van der Waals surface area contributed by atoms with Crippen molar-refractivity contribution in [1.29, 1.82) is 0 Å². The highest BCUT2D eigenvalue weighted by molar-refractivity contribution is 7.80. The van der Waals surface area contributed by atoms with Crippen LogP contribution in [0, 0.1) is 13.8 Å². The van der Waals surface area contributed by atoms with E-state index in [2.05, 4.69) is 15.6 Å². The van der Waals surface area contributed by atoms with E-state index in [9.17, 15) is 4.79 Å². The van der Waals surface area contributed by atoms with Gasteiger partial charge in [0.15, 0.2) is 16.5 Å². The van der Waals surface area contributed by atoms with Gasteiger partial charge in [0.25, 0.3) is 5.91 Å². The van der Waals surface area contributed by atoms with Crippen LogP contribution in [0.3, 0.4) is 0 Å². The minimum atomic E-state index is -0.442. The summed E-state index contributed by atoms with van der Waals surface area (Å²) in [7, 11) is 0. The van der Waals surface area contributed by atoms with E-state index in [-0.39, 0.29) is 10.9 Å². The van der Waals surface area contributed by atoms with Gasteiger partial charge in [-0.15, -0.1) is 0 Å². The molecule has 0 radical (unpaired) electrons. The molecule has 0 unspecified atom stereocenters. The smallest absolute Gasteiger partial charge is 0.293 e. The topological polar surface area (TPSA) is 80.3 Å². The number of halogens is 1. The number of anilines is 1. The number of hydrogen-bond donors (Lipinski definition) is 2. The Labute approximate surface area is 199 Å². The van der Waals surface area contributed by atoms with Crippen LogP contribution in [-0.4, -0.2) is 16.0 Å². The molecule has 8 heteroatoms. The number of fused-ring (bicyclic) bond motifs is 2. The van der Waals surface area contributed by atoms with Crippen LogP contribution in [0.5, 0.6) is 0 Å². The van der Waals surface area contributed by atoms with Crippen LogP contribution in [0.25, 0.3) is 33.5 Å². The predicted octanol–water partition coefficient (Wildman–Crippen LogP) is 6.64. The van der Waals surface area contributed by atoms with Crippen molar-refractivity contribution in [2.24, 2.45) is 0 Å². The van der Waals surface area contributed by atoms with Gasteiger partial charge < -0.3 is 14.2 Å². The van der Waals surface area contributed by atoms with Crippen LogP contribution in [-0.2, 0) is 0 Å². The summed E-state index contributed by atoms with van der Waals surface area (Å²) in [6, 6.07) is 18.6. The number of rotatable bonds is 3. The number of carbonyl (C=O) groups is 1. The first-order valence-electron chi connectivity index (χ1n) is 10.2. The molecule has 33 heavy (non-hydrogen) atoms. The Bertz CT molecular complexity index is 1550. The summed E-state index contributed by atoms with van der Waals surface area (Å²) in [6.45, 7) is 3.83. The van der Waals surface area contributed by atoms with Crippen molar-refractivity contribution in [3.63, 3.8) is 0 Å². The minimum Gasteiger partial charge on any atom is -0.451 e. The van der Waals surface area contributed by atoms with Crippen LogP contribution >= 0.6 is 23.8 Å². The van der Waals surface area contributed by atoms with Crippen molar-refractivity contribution in [1.82, 2.24) is 10.3 Å². The molecule has 0 spiro atoms. The number of aromatic nitrogens is 1. The Morgan fingerprint density at radius 1 is 1.00 bits per heavy atom. The molecule has 0 aliphatic rings. The first kappa shape index (κ1) is 21.2. The highest BCUT2D eigenvalue weighted by atomic mass is 35.5. The summed E-state index contributed by atoms with van der Waals surface area (Å²) < 4.78 is 11.6. The van der Waals surface area contributed by atoms with Gasteiger partial charge in [0.05, 0.1) is 10.7 Å². The maximum absolute atomic E-state index is 12.7. The summed E-state index contributed by atoms with van der Waals surface area (Å²) in [5, 5.41) is 7.03. The van der Waals surface area contributed by atoms with Crippen LogP contribution in [0.15, 0.2) is 69.5 Å². The summed E-state index contributed by atoms with van der Waals surface area (Å²) in [4.78, 5) is 17.3. The lowest BCUT2D eigenvalue weighted by Crippen LogP contribution is -2.34. The number of aryl methyl sites for hydroxylation is 2. The SMILES string of the molecule is Cc1ccc2oc(-c3ccc(Cl)c(NC(=S)NC(=O)c4oc5ccccc5c4C)c3)nc2c1. The van der Waals surface area contributed by atoms with Crippen molar-refractivity contribution >= 4 is 62.6 Å². The average Bonchev–Trinajstić information content (AvgIpc) is 3.36. The molecule has 2 heterocycles. The van der Waals surface area contributed by atoms with E-state index >= 15 is 0 Å². The van der Waals surface area contributed by atoms with E-state index in [1.165, 1.54) is 0 Å². The van der Waals surface area contributed by atoms with Gasteiger partial charge in [-0.2, -0.15) is 0 Å². The second kappa shape index (κ2) is 8.35. The molecular formula is C25H18ClN3O3S. The van der Waals surface area contributed by atoms with Gasteiger partial charge in [-0.3, -0.25) is 10.1 Å². The van der Waals surface area contributed by atoms with E-state index in [4.69, 9.17) is 32.7 Å². The highest BCUT2D eigenvalue weighted by Gasteiger charge is 2.19. The Hall–Kier alpha value is -3.68. The highest BCUT2D eigenvalue weighted by Crippen LogP contribution is 2.31. The zero-order chi connectivity index (χ0) is 23.1. The fourth-order valence-corrected chi connectivity index (χ4v) is 3.99. The Kier molecular flexibility index (Phi) is 5.36. The molecule has 164 valence electrons. The molecule has 0 bridgehead atoms. The van der Waals surface area contributed by atoms with Gasteiger partial charge >= 0.3 is 0 Å². The molecule has 0 saturated heterocycles. The fraction of sp³-hybridized carbons (Fsp3) is 0.0800. The van der Waals surface area contributed by atoms with Gasteiger partial charge in [-0.1, -0.05) is 35.9 Å². The lowest BCUT2D eigenvalue weighted by molar-refractivity contribution is 0.0952. The van der Waals surface area contributed by atoms with Crippen LogP contribution in [0.2, 0.25) is 5.02 Å². The average molecular weight is 476 g/mol. The molecule has 0 fully saturated rings. The number of benzene rings is 3. The van der Waals surface area contributed by atoms with Crippen molar-refractivity contribution in [2.75, 3.05) is 5.32 Å². The number of nitrogens with one attached hydrogen (secondary N) is 2. The molecule has 5 aromatic rings. The Morgan fingerprint density at radius 2 is 1.82 bits per heavy atom. The molecule has 0 aliphatic heterocycles. The van der Waals surface area contributed by atoms with Crippen molar-refractivity contribution in [3.05, 3.63) is 82.6 Å². The number of carbonyl (C=O) groups excluding carboxylic acids is 1. The molecule has 3 aromatic carbocycles. The maximum Gasteiger partial charge on any atom is 0.293 e. The second-order valence-electron chi connectivity index (χ2n) is 7.65. The summed E-state index contributed by atoms with van der Waals surface area (Å²) in [6.07, 6.45) is 0. The van der Waals surface area contributed by atoms with Gasteiger partial charge in [-0.25, -0.2) is 4.98 Å². The third-order valence-electron chi connectivity index (χ3n) is 5.28. The first-order valence-corrected chi connectivity index (χ1v) is 11.0. The van der Waals surface area contributed by atoms with Crippen LogP contribution < -0.4 is 10.6 Å². The molecular weight excluding hydrogens is 458 g/mol. The van der Waals surface area contributed by atoms with E-state index in [1.54, 1.807) is 12.1 Å². The number of para-hydroxylation sites is 1. The number of furan rings is 1. The van der Waals surface area contributed by atoms with E-state index in [0.717, 1.165) is 27.6 Å². The Morgan fingerprint density at radius 3 is 2.64 bits per heavy atom. The largest absolute Gasteiger partial charge is 0.451 e. The number of oxazole rings is 1. The van der Waals surface area contributed by atoms with Gasteiger partial charge in [-0.05, 0) is 68.0 Å². The number of hydrogen-bond acceptors (Lipinski definition) is 5. The predicted molar refractivity (Wildman–Crippen MR) is 134 cm³/mol. The molecule has 6 nitrogen and oxygen atoms in total. The number of nitrogens with zero attached hydrogens (tertiary/aromatic N) is 1. The number of thiocarbonyl (C=S) groups is 1. The summed E-state index contributed by atoms with van der Waals surface area (Å²) in [5.74, 6) is 0.230. The van der Waals surface area contributed by atoms with E-state index in [1.807, 2.05) is 62.4 Å². The first-order chi connectivity index (χ1) is 15.9. The molecule has 2 aromatic heterocycles. The fourth-order valence-electron chi connectivity index (χ4n) is 3.62. The summed E-state index contributed by atoms with van der Waals surface area (Å²) >= 11 is 11.7. The molecule has 5 rings (SSSR count). The normalized spacial score (nSPS) is 11.1. The third kappa shape index (κ3) is 4.08. The lowest BCUT2D eigenvalue weighted by Gasteiger charge is -2.11. The standard InChI is InChI=1S/C25H18ClN3O3S/c1-13-7-10-21-19(11-13)27-24(32-21)15-8-9-17(26)18(12-15)28-25(33)29-23(30)22-14(2)16-5-3-4-6-20(16)31-22/h3-12H,1-2H3,(H2,28,29,30,33). The van der Waals surface area contributed by atoms with Crippen LogP contribution in [0.4, 0.5) is 5.69 Å². The third-order valence-corrected chi connectivity index (χ3v) is 5.82. The second-order valence-corrected chi connectivity index (χ2v) is 8.46. The summed E-state index contributed by atoms with van der Waals surface area (Å²) in [5.41, 5.74) is 5.20. The maximum atomic E-state index is 12.7.